The van der Waals surface area contributed by atoms with Crippen molar-refractivity contribution in [1.29, 1.82) is 0 Å². The average molecular weight is 248 g/mol. The zero-order chi connectivity index (χ0) is 13.5. The Balaban J connectivity index is 4.21. The van der Waals surface area contributed by atoms with Gasteiger partial charge in [-0.2, -0.15) is 13.2 Å². The van der Waals surface area contributed by atoms with Gasteiger partial charge in [0.15, 0.2) is 0 Å². The van der Waals surface area contributed by atoms with E-state index in [-0.39, 0.29) is 6.61 Å². The molecule has 0 aromatic carbocycles. The second kappa shape index (κ2) is 6.67. The lowest BCUT2D eigenvalue weighted by atomic mass is 10.2. The van der Waals surface area contributed by atoms with E-state index in [1.807, 2.05) is 0 Å². The molecule has 0 aliphatic rings. The second-order valence-corrected chi connectivity index (χ2v) is 2.94. The molecule has 17 heavy (non-hydrogen) atoms. The van der Waals surface area contributed by atoms with Crippen LogP contribution in [0.5, 0.6) is 0 Å². The standard InChI is InChI=1S/C11H11F3O3/c1-3-5-8(4-2)7-17-10(16)6-9(15)11(12,13)14/h3-5H,1-2,6-7H2/b8-5+. The van der Waals surface area contributed by atoms with Crippen LogP contribution in [0.25, 0.3) is 0 Å². The molecular weight excluding hydrogens is 237 g/mol. The summed E-state index contributed by atoms with van der Waals surface area (Å²) in [6.45, 7) is 6.54. The summed E-state index contributed by atoms with van der Waals surface area (Å²) < 4.78 is 39.9. The van der Waals surface area contributed by atoms with Crippen LogP contribution in [0.4, 0.5) is 13.2 Å². The minimum absolute atomic E-state index is 0.251. The third-order valence-corrected chi connectivity index (χ3v) is 1.62. The molecule has 0 saturated heterocycles. The van der Waals surface area contributed by atoms with Crippen molar-refractivity contribution in [3.63, 3.8) is 0 Å². The van der Waals surface area contributed by atoms with Crippen molar-refractivity contribution in [2.75, 3.05) is 6.61 Å². The molecule has 6 heteroatoms. The quantitative estimate of drug-likeness (QED) is 0.411. The van der Waals surface area contributed by atoms with Crippen LogP contribution in [0, 0.1) is 0 Å². The van der Waals surface area contributed by atoms with Crippen molar-refractivity contribution in [2.24, 2.45) is 0 Å². The molecule has 0 rings (SSSR count). The van der Waals surface area contributed by atoms with E-state index < -0.39 is 24.3 Å². The molecule has 0 atom stereocenters. The minimum atomic E-state index is -5.02. The average Bonchev–Trinajstić information content (AvgIpc) is 2.22. The number of halogens is 3. The van der Waals surface area contributed by atoms with Crippen molar-refractivity contribution in [3.8, 4) is 0 Å². The number of carbonyl (C=O) groups excluding carboxylic acids is 2. The number of alkyl halides is 3. The highest BCUT2D eigenvalue weighted by Crippen LogP contribution is 2.18. The number of hydrogen-bond donors (Lipinski definition) is 0. The van der Waals surface area contributed by atoms with E-state index in [0.717, 1.165) is 0 Å². The van der Waals surface area contributed by atoms with E-state index in [9.17, 15) is 22.8 Å². The summed E-state index contributed by atoms with van der Waals surface area (Å²) in [5.74, 6) is -3.36. The van der Waals surface area contributed by atoms with Crippen LogP contribution in [-0.4, -0.2) is 24.5 Å². The summed E-state index contributed by atoms with van der Waals surface area (Å²) >= 11 is 0. The zero-order valence-corrected chi connectivity index (χ0v) is 8.92. The first-order valence-corrected chi connectivity index (χ1v) is 4.51. The molecule has 0 spiro atoms. The summed E-state index contributed by atoms with van der Waals surface area (Å²) in [6, 6.07) is 0. The van der Waals surface area contributed by atoms with E-state index in [1.54, 1.807) is 0 Å². The number of ketones is 1. The van der Waals surface area contributed by atoms with Gasteiger partial charge in [0.1, 0.15) is 13.0 Å². The SMILES string of the molecule is C=C/C=C(\C=C)COC(=O)CC(=O)C(F)(F)F. The lowest BCUT2D eigenvalue weighted by molar-refractivity contribution is -0.174. The number of ether oxygens (including phenoxy) is 1. The van der Waals surface area contributed by atoms with Crippen molar-refractivity contribution < 1.29 is 27.5 Å². The van der Waals surface area contributed by atoms with E-state index in [1.165, 1.54) is 18.2 Å². The van der Waals surface area contributed by atoms with Crippen LogP contribution in [0.2, 0.25) is 0 Å². The Morgan fingerprint density at radius 1 is 1.24 bits per heavy atom. The smallest absolute Gasteiger partial charge is 0.450 e. The minimum Gasteiger partial charge on any atom is -0.460 e. The maximum Gasteiger partial charge on any atom is 0.450 e. The van der Waals surface area contributed by atoms with Gasteiger partial charge in [0.05, 0.1) is 0 Å². The Hall–Kier alpha value is -1.85. The van der Waals surface area contributed by atoms with Gasteiger partial charge in [-0.05, 0) is 5.57 Å². The Kier molecular flexibility index (Phi) is 5.95. The first-order chi connectivity index (χ1) is 7.81. The monoisotopic (exact) mass is 248 g/mol. The fourth-order valence-corrected chi connectivity index (χ4v) is 0.773. The van der Waals surface area contributed by atoms with Gasteiger partial charge in [-0.15, -0.1) is 0 Å². The fraction of sp³-hybridized carbons (Fsp3) is 0.273. The van der Waals surface area contributed by atoms with Gasteiger partial charge in [-0.3, -0.25) is 9.59 Å². The Morgan fingerprint density at radius 2 is 1.82 bits per heavy atom. The van der Waals surface area contributed by atoms with Crippen LogP contribution < -0.4 is 0 Å². The molecule has 3 nitrogen and oxygen atoms in total. The highest BCUT2D eigenvalue weighted by molar-refractivity contribution is 5.98. The maximum atomic E-state index is 11.8. The molecule has 0 saturated carbocycles. The molecule has 0 heterocycles. The van der Waals surface area contributed by atoms with Gasteiger partial charge >= 0.3 is 12.1 Å². The Morgan fingerprint density at radius 3 is 2.24 bits per heavy atom. The van der Waals surface area contributed by atoms with Crippen molar-refractivity contribution in [3.05, 3.63) is 37.0 Å². The molecule has 0 radical (unpaired) electrons. The predicted molar refractivity (Wildman–Crippen MR) is 55.1 cm³/mol. The zero-order valence-electron chi connectivity index (χ0n) is 8.92. The molecule has 94 valence electrons. The first kappa shape index (κ1) is 15.2. The van der Waals surface area contributed by atoms with Gasteiger partial charge in [0.2, 0.25) is 5.78 Å². The lowest BCUT2D eigenvalue weighted by Gasteiger charge is -2.06. The topological polar surface area (TPSA) is 43.4 Å². The lowest BCUT2D eigenvalue weighted by Crippen LogP contribution is -2.26. The first-order valence-electron chi connectivity index (χ1n) is 4.51. The van der Waals surface area contributed by atoms with Gasteiger partial charge in [0.25, 0.3) is 0 Å². The van der Waals surface area contributed by atoms with Crippen LogP contribution >= 0.6 is 0 Å². The fourth-order valence-electron chi connectivity index (χ4n) is 0.773. The maximum absolute atomic E-state index is 11.8. The Bertz CT molecular complexity index is 353. The van der Waals surface area contributed by atoms with Crippen molar-refractivity contribution >= 4 is 11.8 Å². The summed E-state index contributed by atoms with van der Waals surface area (Å²) in [6.07, 6.45) is -2.09. The van der Waals surface area contributed by atoms with Gasteiger partial charge < -0.3 is 4.74 Å². The largest absolute Gasteiger partial charge is 0.460 e. The van der Waals surface area contributed by atoms with E-state index in [4.69, 9.17) is 0 Å². The van der Waals surface area contributed by atoms with Crippen molar-refractivity contribution in [2.45, 2.75) is 12.6 Å². The van der Waals surface area contributed by atoms with Crippen LogP contribution in [0.15, 0.2) is 37.0 Å². The number of rotatable bonds is 6. The van der Waals surface area contributed by atoms with E-state index in [2.05, 4.69) is 17.9 Å². The molecule has 0 aliphatic heterocycles. The third kappa shape index (κ3) is 6.34. The predicted octanol–water partition coefficient (Wildman–Crippen LogP) is 2.35. The summed E-state index contributed by atoms with van der Waals surface area (Å²) in [5, 5.41) is 0. The van der Waals surface area contributed by atoms with Gasteiger partial charge in [-0.1, -0.05) is 31.4 Å². The molecule has 0 aromatic rings. The van der Waals surface area contributed by atoms with Crippen LogP contribution in [-0.2, 0) is 14.3 Å². The number of carbonyl (C=O) groups is 2. The van der Waals surface area contributed by atoms with Crippen LogP contribution in [0.3, 0.4) is 0 Å². The van der Waals surface area contributed by atoms with Gasteiger partial charge in [-0.25, -0.2) is 0 Å². The molecule has 0 fully saturated rings. The van der Waals surface area contributed by atoms with Gasteiger partial charge in [0, 0.05) is 0 Å². The number of esters is 1. The number of allylic oxidation sites excluding steroid dienone is 2. The van der Waals surface area contributed by atoms with E-state index >= 15 is 0 Å². The highest BCUT2D eigenvalue weighted by atomic mass is 19.4. The highest BCUT2D eigenvalue weighted by Gasteiger charge is 2.39. The molecule has 0 aromatic heterocycles. The van der Waals surface area contributed by atoms with Crippen molar-refractivity contribution in [1.82, 2.24) is 0 Å². The second-order valence-electron chi connectivity index (χ2n) is 2.94. The molecule has 0 N–H and O–H groups in total. The molecule has 0 unspecified atom stereocenters. The van der Waals surface area contributed by atoms with E-state index in [0.29, 0.717) is 5.57 Å². The third-order valence-electron chi connectivity index (χ3n) is 1.62. The van der Waals surface area contributed by atoms with Crippen LogP contribution in [0.1, 0.15) is 6.42 Å². The number of hydrogen-bond acceptors (Lipinski definition) is 3. The summed E-state index contributed by atoms with van der Waals surface area (Å²) in [5.41, 5.74) is 0.466. The Labute approximate surface area is 96.3 Å². The summed E-state index contributed by atoms with van der Waals surface area (Å²) in [4.78, 5) is 21.3. The normalized spacial score (nSPS) is 11.8. The molecule has 0 bridgehead atoms. The molecule has 0 aliphatic carbocycles. The summed E-state index contributed by atoms with van der Waals surface area (Å²) in [7, 11) is 0. The molecule has 0 amide bonds. The number of Topliss-reactive ketones (excluding diaryl/α,β-unsaturated/α-hetero) is 1. The molecular formula is C11H11F3O3.